The lowest BCUT2D eigenvalue weighted by Gasteiger charge is -2.07. The zero-order valence-corrected chi connectivity index (χ0v) is 15.2. The smallest absolute Gasteiger partial charge is 0.204 e. The number of aryl methyl sites for hydroxylation is 1. The van der Waals surface area contributed by atoms with E-state index in [0.717, 1.165) is 39.0 Å². The monoisotopic (exact) mass is 351 g/mol. The summed E-state index contributed by atoms with van der Waals surface area (Å²) in [5, 5.41) is 5.10. The molecule has 1 aromatic heterocycles. The summed E-state index contributed by atoms with van der Waals surface area (Å²) in [6, 6.07) is 18.1. The number of thiazole rings is 1. The van der Waals surface area contributed by atoms with Gasteiger partial charge in [-0.15, -0.1) is 11.3 Å². The number of nitrogens with zero attached hydrogens (tertiary/aromatic N) is 2. The van der Waals surface area contributed by atoms with E-state index in [1.54, 1.807) is 17.6 Å². The Morgan fingerprint density at radius 3 is 2.68 bits per heavy atom. The van der Waals surface area contributed by atoms with Gasteiger partial charge >= 0.3 is 0 Å². The second-order valence-corrected chi connectivity index (χ2v) is 6.75. The molecular weight excluding hydrogens is 330 g/mol. The Kier molecular flexibility index (Phi) is 5.80. The topological polar surface area (TPSA) is 46.5 Å². The lowest BCUT2D eigenvalue weighted by molar-refractivity contribution is 0.317. The standard InChI is InChI=1S/C20H21N3OS/c1-3-13-24-18-12-8-7-11-17(18)14-21-23-20-22-19(15(2)25-20)16-9-5-4-6-10-16/h4-12,14H,3,13H2,1-2H3,(H,22,23)/b21-14+. The predicted molar refractivity (Wildman–Crippen MR) is 106 cm³/mol. The number of nitrogens with one attached hydrogen (secondary N) is 1. The van der Waals surface area contributed by atoms with Gasteiger partial charge in [0.1, 0.15) is 5.75 Å². The van der Waals surface area contributed by atoms with E-state index in [0.29, 0.717) is 6.61 Å². The minimum absolute atomic E-state index is 0.699. The van der Waals surface area contributed by atoms with E-state index < -0.39 is 0 Å². The molecule has 0 atom stereocenters. The quantitative estimate of drug-likeness (QED) is 0.461. The van der Waals surface area contributed by atoms with E-state index >= 15 is 0 Å². The largest absolute Gasteiger partial charge is 0.493 e. The molecule has 0 saturated carbocycles. The average molecular weight is 351 g/mol. The highest BCUT2D eigenvalue weighted by Gasteiger charge is 2.08. The Bertz CT molecular complexity index is 843. The second-order valence-electron chi connectivity index (χ2n) is 5.55. The van der Waals surface area contributed by atoms with Gasteiger partial charge in [-0.3, -0.25) is 5.43 Å². The fraction of sp³-hybridized carbons (Fsp3) is 0.200. The Morgan fingerprint density at radius 1 is 1.12 bits per heavy atom. The van der Waals surface area contributed by atoms with Crippen molar-refractivity contribution in [1.29, 1.82) is 0 Å². The van der Waals surface area contributed by atoms with Crippen LogP contribution in [0.2, 0.25) is 0 Å². The number of hydrogen-bond acceptors (Lipinski definition) is 5. The van der Waals surface area contributed by atoms with Crippen molar-refractivity contribution in [1.82, 2.24) is 4.98 Å². The molecule has 25 heavy (non-hydrogen) atoms. The van der Waals surface area contributed by atoms with Crippen LogP contribution in [0.15, 0.2) is 59.7 Å². The summed E-state index contributed by atoms with van der Waals surface area (Å²) >= 11 is 1.60. The van der Waals surface area contributed by atoms with Crippen LogP contribution in [-0.4, -0.2) is 17.8 Å². The molecule has 4 nitrogen and oxygen atoms in total. The van der Waals surface area contributed by atoms with Crippen molar-refractivity contribution in [2.45, 2.75) is 20.3 Å². The van der Waals surface area contributed by atoms with Crippen LogP contribution in [0.1, 0.15) is 23.8 Å². The van der Waals surface area contributed by atoms with E-state index in [9.17, 15) is 0 Å². The molecule has 3 aromatic rings. The Balaban J connectivity index is 1.71. The van der Waals surface area contributed by atoms with Crippen molar-refractivity contribution >= 4 is 22.7 Å². The first kappa shape index (κ1) is 17.2. The third-order valence-corrected chi connectivity index (χ3v) is 4.46. The van der Waals surface area contributed by atoms with Crippen LogP contribution >= 0.6 is 11.3 Å². The number of aromatic nitrogens is 1. The van der Waals surface area contributed by atoms with Crippen LogP contribution in [0.4, 0.5) is 5.13 Å². The first-order valence-corrected chi connectivity index (χ1v) is 9.13. The van der Waals surface area contributed by atoms with Crippen molar-refractivity contribution in [2.75, 3.05) is 12.0 Å². The van der Waals surface area contributed by atoms with Gasteiger partial charge in [0, 0.05) is 16.0 Å². The fourth-order valence-electron chi connectivity index (χ4n) is 2.40. The third-order valence-electron chi connectivity index (χ3n) is 3.59. The minimum atomic E-state index is 0.699. The molecule has 0 spiro atoms. The van der Waals surface area contributed by atoms with Crippen LogP contribution in [0.3, 0.4) is 0 Å². The molecule has 1 N–H and O–H groups in total. The Hall–Kier alpha value is -2.66. The Labute approximate surface area is 152 Å². The second kappa shape index (κ2) is 8.44. The molecule has 5 heteroatoms. The van der Waals surface area contributed by atoms with E-state index in [4.69, 9.17) is 4.74 Å². The van der Waals surface area contributed by atoms with Gasteiger partial charge in [-0.05, 0) is 25.5 Å². The highest BCUT2D eigenvalue weighted by atomic mass is 32.1. The number of rotatable bonds is 7. The van der Waals surface area contributed by atoms with Crippen LogP contribution in [-0.2, 0) is 0 Å². The van der Waals surface area contributed by atoms with Gasteiger partial charge in [0.05, 0.1) is 18.5 Å². The van der Waals surface area contributed by atoms with Gasteiger partial charge in [0.2, 0.25) is 5.13 Å². The van der Waals surface area contributed by atoms with E-state index in [1.807, 2.05) is 42.5 Å². The fourth-order valence-corrected chi connectivity index (χ4v) is 3.18. The SMILES string of the molecule is CCCOc1ccccc1/C=N/Nc1nc(-c2ccccc2)c(C)s1. The van der Waals surface area contributed by atoms with Crippen molar-refractivity contribution in [3.63, 3.8) is 0 Å². The first-order chi connectivity index (χ1) is 12.3. The first-order valence-electron chi connectivity index (χ1n) is 8.31. The number of hydrogen-bond donors (Lipinski definition) is 1. The van der Waals surface area contributed by atoms with Crippen molar-refractivity contribution < 1.29 is 4.74 Å². The van der Waals surface area contributed by atoms with Crippen LogP contribution in [0.5, 0.6) is 5.75 Å². The third kappa shape index (κ3) is 4.45. The molecule has 0 bridgehead atoms. The maximum Gasteiger partial charge on any atom is 0.204 e. The molecule has 0 aliphatic heterocycles. The zero-order chi connectivity index (χ0) is 17.5. The number of ether oxygens (including phenoxy) is 1. The van der Waals surface area contributed by atoms with Gasteiger partial charge in [0.25, 0.3) is 0 Å². The summed E-state index contributed by atoms with van der Waals surface area (Å²) in [4.78, 5) is 5.81. The van der Waals surface area contributed by atoms with Crippen LogP contribution < -0.4 is 10.2 Å². The van der Waals surface area contributed by atoms with Gasteiger partial charge in [-0.25, -0.2) is 4.98 Å². The van der Waals surface area contributed by atoms with E-state index in [-0.39, 0.29) is 0 Å². The molecule has 0 amide bonds. The lowest BCUT2D eigenvalue weighted by atomic mass is 10.1. The molecule has 2 aromatic carbocycles. The molecule has 0 fully saturated rings. The van der Waals surface area contributed by atoms with Crippen molar-refractivity contribution in [2.24, 2.45) is 5.10 Å². The zero-order valence-electron chi connectivity index (χ0n) is 14.4. The van der Waals surface area contributed by atoms with E-state index in [1.165, 1.54) is 0 Å². The molecule has 3 rings (SSSR count). The molecule has 128 valence electrons. The van der Waals surface area contributed by atoms with Crippen LogP contribution in [0, 0.1) is 6.92 Å². The molecule has 0 radical (unpaired) electrons. The lowest BCUT2D eigenvalue weighted by Crippen LogP contribution is -1.99. The maximum absolute atomic E-state index is 5.74. The number of anilines is 1. The molecular formula is C20H21N3OS. The summed E-state index contributed by atoms with van der Waals surface area (Å²) in [7, 11) is 0. The van der Waals surface area contributed by atoms with Gasteiger partial charge in [-0.2, -0.15) is 5.10 Å². The Morgan fingerprint density at radius 2 is 1.88 bits per heavy atom. The summed E-state index contributed by atoms with van der Waals surface area (Å²) in [5.41, 5.74) is 6.09. The summed E-state index contributed by atoms with van der Waals surface area (Å²) in [6.07, 6.45) is 2.74. The highest BCUT2D eigenvalue weighted by Crippen LogP contribution is 2.30. The molecule has 0 saturated heterocycles. The van der Waals surface area contributed by atoms with Crippen molar-refractivity contribution in [3.05, 3.63) is 65.0 Å². The summed E-state index contributed by atoms with van der Waals surface area (Å²) in [5.74, 6) is 0.843. The average Bonchev–Trinajstić information content (AvgIpc) is 3.02. The minimum Gasteiger partial charge on any atom is -0.493 e. The summed E-state index contributed by atoms with van der Waals surface area (Å²) in [6.45, 7) is 4.86. The van der Waals surface area contributed by atoms with Crippen LogP contribution in [0.25, 0.3) is 11.3 Å². The normalized spacial score (nSPS) is 11.0. The van der Waals surface area contributed by atoms with E-state index in [2.05, 4.69) is 41.5 Å². The van der Waals surface area contributed by atoms with Gasteiger partial charge < -0.3 is 4.74 Å². The van der Waals surface area contributed by atoms with Gasteiger partial charge in [-0.1, -0.05) is 49.4 Å². The molecule has 0 aliphatic rings. The molecule has 1 heterocycles. The molecule has 0 aliphatic carbocycles. The van der Waals surface area contributed by atoms with Gasteiger partial charge in [0.15, 0.2) is 0 Å². The maximum atomic E-state index is 5.74. The molecule has 0 unspecified atom stereocenters. The highest BCUT2D eigenvalue weighted by molar-refractivity contribution is 7.15. The summed E-state index contributed by atoms with van der Waals surface area (Å²) < 4.78 is 5.74. The number of hydrazone groups is 1. The predicted octanol–water partition coefficient (Wildman–Crippen LogP) is 5.35. The van der Waals surface area contributed by atoms with Crippen molar-refractivity contribution in [3.8, 4) is 17.0 Å². The number of para-hydroxylation sites is 1. The number of benzene rings is 2.